The van der Waals surface area contributed by atoms with Crippen LogP contribution in [0.2, 0.25) is 0 Å². The summed E-state index contributed by atoms with van der Waals surface area (Å²) in [4.78, 5) is 6.30. The van der Waals surface area contributed by atoms with E-state index in [0.29, 0.717) is 11.8 Å². The Morgan fingerprint density at radius 1 is 1.00 bits per heavy atom. The summed E-state index contributed by atoms with van der Waals surface area (Å²) >= 11 is 0. The first-order valence-corrected chi connectivity index (χ1v) is 11.7. The first-order valence-electron chi connectivity index (χ1n) is 8.87. The van der Waals surface area contributed by atoms with Gasteiger partial charge in [0, 0.05) is 16.7 Å². The lowest BCUT2D eigenvalue weighted by atomic mass is 9.95. The Morgan fingerprint density at radius 2 is 1.67 bits per heavy atom. The van der Waals surface area contributed by atoms with Crippen LogP contribution in [0.25, 0.3) is 11.3 Å². The molecule has 0 N–H and O–H groups in total. The maximum Gasteiger partial charge on any atom is 0.0708 e. The summed E-state index contributed by atoms with van der Waals surface area (Å²) in [7, 11) is -0.774. The van der Waals surface area contributed by atoms with Gasteiger partial charge in [-0.2, -0.15) is 0 Å². The molecule has 132 valence electrons. The highest BCUT2D eigenvalue weighted by Gasteiger charge is 2.18. The quantitative estimate of drug-likeness (QED) is 0.609. The smallest absolute Gasteiger partial charge is 0.0708 e. The molecular formula is C22H33NS. The first kappa shape index (κ1) is 19.1. The first-order chi connectivity index (χ1) is 11.1. The fourth-order valence-corrected chi connectivity index (χ4v) is 4.48. The van der Waals surface area contributed by atoms with Gasteiger partial charge in [-0.3, -0.25) is 4.98 Å². The minimum atomic E-state index is -0.774. The lowest BCUT2D eigenvalue weighted by molar-refractivity contribution is 0.647. The van der Waals surface area contributed by atoms with Crippen LogP contribution in [0.5, 0.6) is 0 Å². The lowest BCUT2D eigenvalue weighted by Crippen LogP contribution is -2.03. The molecule has 0 radical (unpaired) electrons. The lowest BCUT2D eigenvalue weighted by Gasteiger charge is -2.30. The predicted octanol–water partition coefficient (Wildman–Crippen LogP) is 6.43. The van der Waals surface area contributed by atoms with E-state index in [1.165, 1.54) is 27.1 Å². The molecule has 0 saturated carbocycles. The van der Waals surface area contributed by atoms with Gasteiger partial charge in [-0.25, -0.2) is 10.0 Å². The van der Waals surface area contributed by atoms with E-state index in [-0.39, 0.29) is 0 Å². The van der Waals surface area contributed by atoms with Crippen LogP contribution >= 0.6 is 10.0 Å². The molecule has 0 fully saturated rings. The molecule has 24 heavy (non-hydrogen) atoms. The highest BCUT2D eigenvalue weighted by atomic mass is 32.3. The van der Waals surface area contributed by atoms with E-state index < -0.39 is 10.0 Å². The second-order valence-corrected chi connectivity index (χ2v) is 12.5. The zero-order valence-electron chi connectivity index (χ0n) is 16.6. The maximum absolute atomic E-state index is 4.86. The molecule has 0 saturated heterocycles. The van der Waals surface area contributed by atoms with Crippen molar-refractivity contribution in [3.8, 4) is 11.3 Å². The molecule has 1 aromatic heterocycles. The SMILES string of the molecule is Cc1ccc(CC(C)C)cc1-c1cc(C(C)C)c(S(C)(C)C)cn1. The Labute approximate surface area is 150 Å². The summed E-state index contributed by atoms with van der Waals surface area (Å²) < 4.78 is 0. The molecule has 0 spiro atoms. The number of hydrogen-bond acceptors (Lipinski definition) is 1. The zero-order chi connectivity index (χ0) is 18.1. The molecular weight excluding hydrogens is 310 g/mol. The molecule has 0 amide bonds. The normalized spacial score (nSPS) is 12.9. The summed E-state index contributed by atoms with van der Waals surface area (Å²) in [5.41, 5.74) is 6.57. The number of hydrogen-bond donors (Lipinski definition) is 0. The van der Waals surface area contributed by atoms with Crippen molar-refractivity contribution in [2.45, 2.75) is 51.9 Å². The van der Waals surface area contributed by atoms with Crippen LogP contribution in [-0.4, -0.2) is 23.8 Å². The van der Waals surface area contributed by atoms with Crippen LogP contribution in [0.1, 0.15) is 50.3 Å². The molecule has 0 aliphatic rings. The van der Waals surface area contributed by atoms with Gasteiger partial charge in [-0.05, 0) is 72.8 Å². The second-order valence-electron chi connectivity index (χ2n) is 8.35. The number of aromatic nitrogens is 1. The largest absolute Gasteiger partial charge is 0.255 e. The van der Waals surface area contributed by atoms with Crippen molar-refractivity contribution in [1.82, 2.24) is 4.98 Å². The fourth-order valence-electron chi connectivity index (χ4n) is 3.11. The number of rotatable bonds is 5. The monoisotopic (exact) mass is 343 g/mol. The number of nitrogens with zero attached hydrogens (tertiary/aromatic N) is 1. The fraction of sp³-hybridized carbons (Fsp3) is 0.500. The molecule has 2 heteroatoms. The van der Waals surface area contributed by atoms with Crippen LogP contribution in [0.3, 0.4) is 0 Å². The molecule has 2 aromatic rings. The van der Waals surface area contributed by atoms with Crippen molar-refractivity contribution < 1.29 is 0 Å². The van der Waals surface area contributed by atoms with Gasteiger partial charge in [0.15, 0.2) is 0 Å². The van der Waals surface area contributed by atoms with E-state index in [0.717, 1.165) is 12.1 Å². The molecule has 1 aromatic carbocycles. The van der Waals surface area contributed by atoms with Gasteiger partial charge in [-0.1, -0.05) is 39.8 Å². The van der Waals surface area contributed by atoms with E-state index in [4.69, 9.17) is 4.98 Å². The second kappa shape index (κ2) is 7.31. The van der Waals surface area contributed by atoms with Gasteiger partial charge in [-0.15, -0.1) is 0 Å². The highest BCUT2D eigenvalue weighted by molar-refractivity contribution is 8.32. The van der Waals surface area contributed by atoms with Gasteiger partial charge in [0.05, 0.1) is 5.69 Å². The third kappa shape index (κ3) is 4.42. The van der Waals surface area contributed by atoms with Gasteiger partial charge in [0.2, 0.25) is 0 Å². The topological polar surface area (TPSA) is 12.9 Å². The van der Waals surface area contributed by atoms with Crippen LogP contribution in [0, 0.1) is 12.8 Å². The van der Waals surface area contributed by atoms with Gasteiger partial charge >= 0.3 is 0 Å². The Balaban J connectivity index is 2.55. The summed E-state index contributed by atoms with van der Waals surface area (Å²) in [5, 5.41) is 0. The van der Waals surface area contributed by atoms with Crippen LogP contribution < -0.4 is 0 Å². The molecule has 1 nitrogen and oxygen atoms in total. The molecule has 2 rings (SSSR count). The van der Waals surface area contributed by atoms with Crippen LogP contribution in [0.4, 0.5) is 0 Å². The van der Waals surface area contributed by atoms with Crippen molar-refractivity contribution in [2.24, 2.45) is 5.92 Å². The molecule has 0 aliphatic carbocycles. The van der Waals surface area contributed by atoms with E-state index >= 15 is 0 Å². The third-order valence-corrected chi connectivity index (χ3v) is 6.06. The Kier molecular flexibility index (Phi) is 5.80. The number of benzene rings is 1. The van der Waals surface area contributed by atoms with Crippen LogP contribution in [-0.2, 0) is 6.42 Å². The van der Waals surface area contributed by atoms with Gasteiger partial charge < -0.3 is 0 Å². The molecule has 0 atom stereocenters. The maximum atomic E-state index is 4.86. The summed E-state index contributed by atoms with van der Waals surface area (Å²) in [6.45, 7) is 11.3. The summed E-state index contributed by atoms with van der Waals surface area (Å²) in [6.07, 6.45) is 10.3. The van der Waals surface area contributed by atoms with E-state index in [1.807, 2.05) is 0 Å². The Bertz CT molecular complexity index is 708. The van der Waals surface area contributed by atoms with E-state index in [2.05, 4.69) is 83.8 Å². The third-order valence-electron chi connectivity index (χ3n) is 4.40. The molecule has 0 aliphatic heterocycles. The number of pyridine rings is 1. The van der Waals surface area contributed by atoms with E-state index in [9.17, 15) is 0 Å². The van der Waals surface area contributed by atoms with Crippen LogP contribution in [0.15, 0.2) is 35.4 Å². The summed E-state index contributed by atoms with van der Waals surface area (Å²) in [6, 6.07) is 9.17. The van der Waals surface area contributed by atoms with Crippen molar-refractivity contribution >= 4 is 10.0 Å². The van der Waals surface area contributed by atoms with Gasteiger partial charge in [0.1, 0.15) is 0 Å². The minimum Gasteiger partial charge on any atom is -0.255 e. The van der Waals surface area contributed by atoms with Crippen molar-refractivity contribution in [2.75, 3.05) is 18.8 Å². The van der Waals surface area contributed by atoms with Gasteiger partial charge in [0.25, 0.3) is 0 Å². The zero-order valence-corrected chi connectivity index (χ0v) is 17.4. The van der Waals surface area contributed by atoms with Crippen molar-refractivity contribution in [3.63, 3.8) is 0 Å². The Hall–Kier alpha value is -1.28. The van der Waals surface area contributed by atoms with Crippen molar-refractivity contribution in [1.29, 1.82) is 0 Å². The average molecular weight is 344 g/mol. The van der Waals surface area contributed by atoms with Crippen molar-refractivity contribution in [3.05, 3.63) is 47.2 Å². The predicted molar refractivity (Wildman–Crippen MR) is 111 cm³/mol. The van der Waals surface area contributed by atoms with E-state index in [1.54, 1.807) is 0 Å². The molecule has 0 unspecified atom stereocenters. The average Bonchev–Trinajstić information content (AvgIpc) is 2.47. The molecule has 0 bridgehead atoms. The standard InChI is InChI=1S/C22H33NS/c1-15(2)11-18-10-9-17(5)20(12-18)21-13-19(16(3)4)22(14-23-21)24(6,7)8/h9-10,12-16H,11H2,1-8H3. The highest BCUT2D eigenvalue weighted by Crippen LogP contribution is 2.49. The number of aryl methyl sites for hydroxylation is 1. The Morgan fingerprint density at radius 3 is 2.21 bits per heavy atom. The minimum absolute atomic E-state index is 0.521. The summed E-state index contributed by atoms with van der Waals surface area (Å²) in [5.74, 6) is 1.19. The molecule has 1 heterocycles.